The van der Waals surface area contributed by atoms with Gasteiger partial charge >= 0.3 is 0 Å². The Balaban J connectivity index is 1.48. The number of nitrogens with zero attached hydrogens (tertiary/aromatic N) is 4. The lowest BCUT2D eigenvalue weighted by Crippen LogP contribution is -2.19. The van der Waals surface area contributed by atoms with Crippen LogP contribution in [0.4, 0.5) is 0 Å². The number of aromatic nitrogens is 4. The van der Waals surface area contributed by atoms with Gasteiger partial charge in [0.05, 0.1) is 15.5 Å². The van der Waals surface area contributed by atoms with Gasteiger partial charge in [0.15, 0.2) is 5.16 Å². The van der Waals surface area contributed by atoms with Crippen molar-refractivity contribution in [2.24, 2.45) is 7.05 Å². The van der Waals surface area contributed by atoms with Crippen LogP contribution >= 0.6 is 45.8 Å². The van der Waals surface area contributed by atoms with Crippen molar-refractivity contribution >= 4 is 56.0 Å². The van der Waals surface area contributed by atoms with Gasteiger partial charge in [0.2, 0.25) is 5.89 Å². The first-order valence-corrected chi connectivity index (χ1v) is 12.2. The Morgan fingerprint density at radius 3 is 2.59 bits per heavy atom. The number of thiophene rings is 3. The van der Waals surface area contributed by atoms with Gasteiger partial charge in [-0.3, -0.25) is 9.36 Å². The van der Waals surface area contributed by atoms with Crippen molar-refractivity contribution in [3.8, 4) is 21.2 Å². The predicted octanol–water partition coefficient (Wildman–Crippen LogP) is 5.69. The molecule has 6 nitrogen and oxygen atoms in total. The molecule has 0 fully saturated rings. The maximum Gasteiger partial charge on any atom is 0.263 e. The van der Waals surface area contributed by atoms with Crippen molar-refractivity contribution in [3.05, 3.63) is 56.7 Å². The minimum absolute atomic E-state index is 0.0425. The highest BCUT2D eigenvalue weighted by molar-refractivity contribution is 7.99. The molecular formula is C19H14N4O2S4. The Morgan fingerprint density at radius 1 is 1.10 bits per heavy atom. The molecule has 10 heteroatoms. The molecule has 0 N–H and O–H groups in total. The quantitative estimate of drug-likeness (QED) is 0.249. The second-order valence-electron chi connectivity index (χ2n) is 6.25. The zero-order chi connectivity index (χ0) is 20.0. The lowest BCUT2D eigenvalue weighted by atomic mass is 10.2. The maximum absolute atomic E-state index is 13.1. The fraction of sp³-hybridized carbons (Fsp3) is 0.158. The molecule has 0 saturated carbocycles. The molecule has 1 atom stereocenters. The van der Waals surface area contributed by atoms with Gasteiger partial charge in [-0.05, 0) is 29.8 Å². The van der Waals surface area contributed by atoms with Gasteiger partial charge in [-0.1, -0.05) is 23.9 Å². The highest BCUT2D eigenvalue weighted by atomic mass is 32.2. The van der Waals surface area contributed by atoms with Crippen molar-refractivity contribution in [2.75, 3.05) is 0 Å². The van der Waals surface area contributed by atoms with Crippen molar-refractivity contribution in [3.63, 3.8) is 0 Å². The van der Waals surface area contributed by atoms with Gasteiger partial charge in [-0.15, -0.1) is 44.2 Å². The van der Waals surface area contributed by atoms with Crippen molar-refractivity contribution in [1.29, 1.82) is 0 Å². The molecule has 29 heavy (non-hydrogen) atoms. The number of hydrogen-bond donors (Lipinski definition) is 0. The molecule has 0 aliphatic rings. The third-order valence-corrected chi connectivity index (χ3v) is 8.13. The van der Waals surface area contributed by atoms with E-state index in [1.54, 1.807) is 34.3 Å². The summed E-state index contributed by atoms with van der Waals surface area (Å²) < 4.78 is 7.43. The standard InChI is InChI=1S/C19H14N4O2S4/c1-10(15-21-22-16(25-15)13-6-4-8-27-13)29-19-20-17-14(18(24)23(19)2)11(9-28-17)12-5-3-7-26-12/h3-10H,1-2H3. The molecule has 0 spiro atoms. The highest BCUT2D eigenvalue weighted by Crippen LogP contribution is 2.37. The molecule has 0 saturated heterocycles. The minimum Gasteiger partial charge on any atom is -0.419 e. The number of thioether (sulfide) groups is 1. The number of rotatable bonds is 5. The van der Waals surface area contributed by atoms with Gasteiger partial charge in [0, 0.05) is 22.9 Å². The van der Waals surface area contributed by atoms with E-state index in [1.807, 2.05) is 47.3 Å². The van der Waals surface area contributed by atoms with Crippen LogP contribution in [0.1, 0.15) is 18.1 Å². The average Bonchev–Trinajstić information content (AvgIpc) is 3.51. The number of hydrogen-bond acceptors (Lipinski definition) is 9. The molecule has 5 aromatic heterocycles. The van der Waals surface area contributed by atoms with Crippen LogP contribution in [0.15, 0.2) is 54.8 Å². The summed E-state index contributed by atoms with van der Waals surface area (Å²) in [6, 6.07) is 7.91. The third-order valence-electron chi connectivity index (χ3n) is 4.36. The van der Waals surface area contributed by atoms with E-state index in [-0.39, 0.29) is 10.8 Å². The third kappa shape index (κ3) is 3.35. The monoisotopic (exact) mass is 458 g/mol. The zero-order valence-electron chi connectivity index (χ0n) is 15.4. The second kappa shape index (κ2) is 7.52. The van der Waals surface area contributed by atoms with Crippen LogP contribution in [0.25, 0.3) is 31.4 Å². The molecule has 1 unspecified atom stereocenters. The lowest BCUT2D eigenvalue weighted by Gasteiger charge is -2.10. The van der Waals surface area contributed by atoms with Crippen molar-refractivity contribution in [2.45, 2.75) is 17.3 Å². The topological polar surface area (TPSA) is 73.8 Å². The molecular weight excluding hydrogens is 445 g/mol. The molecule has 0 aromatic carbocycles. The van der Waals surface area contributed by atoms with Crippen LogP contribution in [-0.4, -0.2) is 19.7 Å². The summed E-state index contributed by atoms with van der Waals surface area (Å²) in [4.78, 5) is 20.6. The smallest absolute Gasteiger partial charge is 0.263 e. The van der Waals surface area contributed by atoms with E-state index < -0.39 is 0 Å². The van der Waals surface area contributed by atoms with Crippen molar-refractivity contribution in [1.82, 2.24) is 19.7 Å². The van der Waals surface area contributed by atoms with Gasteiger partial charge in [-0.25, -0.2) is 4.98 Å². The minimum atomic E-state index is -0.136. The van der Waals surface area contributed by atoms with Crippen LogP contribution in [-0.2, 0) is 7.05 Å². The summed E-state index contributed by atoms with van der Waals surface area (Å²) in [6.45, 7) is 1.97. The molecule has 146 valence electrons. The van der Waals surface area contributed by atoms with Crippen LogP contribution in [0.5, 0.6) is 0 Å². The first-order chi connectivity index (χ1) is 14.1. The molecule has 0 radical (unpaired) electrons. The van der Waals surface area contributed by atoms with Crippen molar-refractivity contribution < 1.29 is 4.42 Å². The van der Waals surface area contributed by atoms with Gasteiger partial charge in [0.25, 0.3) is 11.4 Å². The normalized spacial score (nSPS) is 12.6. The van der Waals surface area contributed by atoms with E-state index in [9.17, 15) is 4.79 Å². The van der Waals surface area contributed by atoms with E-state index in [2.05, 4.69) is 10.2 Å². The Kier molecular flexibility index (Phi) is 4.86. The molecule has 0 aliphatic heterocycles. The Labute approximate surface area is 181 Å². The Hall–Kier alpha value is -2.27. The first kappa shape index (κ1) is 18.7. The summed E-state index contributed by atoms with van der Waals surface area (Å²) in [5.74, 6) is 1.02. The first-order valence-electron chi connectivity index (χ1n) is 8.68. The SMILES string of the molecule is CC(Sc1nc2scc(-c3cccs3)c2c(=O)n1C)c1nnc(-c2cccs2)o1. The van der Waals surface area contributed by atoms with E-state index in [4.69, 9.17) is 9.40 Å². The molecule has 5 aromatic rings. The largest absolute Gasteiger partial charge is 0.419 e. The second-order valence-corrected chi connectivity index (χ2v) is 10.3. The van der Waals surface area contributed by atoms with E-state index in [1.165, 1.54) is 23.1 Å². The van der Waals surface area contributed by atoms with E-state index >= 15 is 0 Å². The van der Waals surface area contributed by atoms with Gasteiger partial charge in [-0.2, -0.15) is 0 Å². The zero-order valence-corrected chi connectivity index (χ0v) is 18.6. The highest BCUT2D eigenvalue weighted by Gasteiger charge is 2.21. The van der Waals surface area contributed by atoms with E-state index in [0.717, 1.165) is 20.1 Å². The maximum atomic E-state index is 13.1. The lowest BCUT2D eigenvalue weighted by molar-refractivity contribution is 0.509. The van der Waals surface area contributed by atoms with E-state index in [0.29, 0.717) is 22.3 Å². The fourth-order valence-electron chi connectivity index (χ4n) is 2.88. The van der Waals surface area contributed by atoms with Crippen LogP contribution in [0.2, 0.25) is 0 Å². The molecule has 0 aliphatic carbocycles. The Morgan fingerprint density at radius 2 is 1.86 bits per heavy atom. The van der Waals surface area contributed by atoms with Gasteiger partial charge < -0.3 is 4.42 Å². The Bertz CT molecular complexity index is 1330. The summed E-state index contributed by atoms with van der Waals surface area (Å²) in [5, 5.41) is 15.5. The van der Waals surface area contributed by atoms with Gasteiger partial charge in [0.1, 0.15) is 4.83 Å². The van der Waals surface area contributed by atoms with Crippen LogP contribution in [0, 0.1) is 0 Å². The number of fused-ring (bicyclic) bond motifs is 1. The molecule has 5 heterocycles. The van der Waals surface area contributed by atoms with Crippen LogP contribution < -0.4 is 5.56 Å². The predicted molar refractivity (Wildman–Crippen MR) is 120 cm³/mol. The summed E-state index contributed by atoms with van der Waals surface area (Å²) in [7, 11) is 1.75. The molecule has 5 rings (SSSR count). The summed E-state index contributed by atoms with van der Waals surface area (Å²) in [6.07, 6.45) is 0. The summed E-state index contributed by atoms with van der Waals surface area (Å²) in [5.41, 5.74) is 0.911. The fourth-order valence-corrected chi connectivity index (χ4v) is 6.23. The van der Waals surface area contributed by atoms with Crippen LogP contribution in [0.3, 0.4) is 0 Å². The molecule has 0 amide bonds. The molecule has 0 bridgehead atoms. The average molecular weight is 459 g/mol. The summed E-state index contributed by atoms with van der Waals surface area (Å²) >= 11 is 6.11.